The number of aromatic amines is 1. The van der Waals surface area contributed by atoms with Crippen LogP contribution in [0.25, 0.3) is 0 Å². The fourth-order valence-corrected chi connectivity index (χ4v) is 1.42. The molecule has 1 N–H and O–H groups in total. The lowest BCUT2D eigenvalue weighted by Crippen LogP contribution is -2.19. The summed E-state index contributed by atoms with van der Waals surface area (Å²) in [5.41, 5.74) is 0.617. The first-order chi connectivity index (χ1) is 7.06. The molecule has 1 heterocycles. The molecule has 0 saturated heterocycles. The summed E-state index contributed by atoms with van der Waals surface area (Å²) in [6.45, 7) is 6.86. The number of H-pyrrole nitrogens is 1. The minimum absolute atomic E-state index is 0.109. The van der Waals surface area contributed by atoms with E-state index >= 15 is 0 Å². The highest BCUT2D eigenvalue weighted by Gasteiger charge is 2.06. The normalized spacial score (nSPS) is 10.9. The molecule has 0 spiro atoms. The fourth-order valence-electron chi connectivity index (χ4n) is 1.22. The Hall–Kier alpha value is -0.940. The van der Waals surface area contributed by atoms with Gasteiger partial charge in [-0.25, -0.2) is 0 Å². The molecule has 1 rings (SSSR count). The average Bonchev–Trinajstić information content (AvgIpc) is 2.16. The van der Waals surface area contributed by atoms with Gasteiger partial charge in [0.05, 0.1) is 0 Å². The van der Waals surface area contributed by atoms with Gasteiger partial charge >= 0.3 is 0 Å². The van der Waals surface area contributed by atoms with Gasteiger partial charge in [-0.05, 0) is 25.1 Å². The van der Waals surface area contributed by atoms with E-state index in [0.29, 0.717) is 18.1 Å². The molecule has 0 atom stereocenters. The molecule has 15 heavy (non-hydrogen) atoms. The first-order valence-electron chi connectivity index (χ1n) is 4.97. The Balaban J connectivity index is 3.12. The van der Waals surface area contributed by atoms with Gasteiger partial charge in [-0.15, -0.1) is 0 Å². The SMILES string of the molecule is CCOCn1cc(C(C)C)c(=O)[nH]c1=S. The van der Waals surface area contributed by atoms with E-state index in [1.165, 1.54) is 0 Å². The lowest BCUT2D eigenvalue weighted by Gasteiger charge is -2.10. The van der Waals surface area contributed by atoms with E-state index in [4.69, 9.17) is 17.0 Å². The lowest BCUT2D eigenvalue weighted by atomic mass is 10.1. The Labute approximate surface area is 93.9 Å². The van der Waals surface area contributed by atoms with Gasteiger partial charge in [-0.2, -0.15) is 0 Å². The molecule has 1 aromatic heterocycles. The van der Waals surface area contributed by atoms with Gasteiger partial charge in [-0.3, -0.25) is 9.78 Å². The van der Waals surface area contributed by atoms with E-state index in [-0.39, 0.29) is 11.5 Å². The number of rotatable bonds is 4. The van der Waals surface area contributed by atoms with Crippen molar-refractivity contribution in [1.29, 1.82) is 0 Å². The summed E-state index contributed by atoms with van der Waals surface area (Å²) in [6.07, 6.45) is 1.77. The van der Waals surface area contributed by atoms with E-state index in [1.54, 1.807) is 10.8 Å². The molecule has 0 radical (unpaired) electrons. The van der Waals surface area contributed by atoms with Crippen LogP contribution in [-0.4, -0.2) is 16.2 Å². The van der Waals surface area contributed by atoms with E-state index in [2.05, 4.69) is 4.98 Å². The van der Waals surface area contributed by atoms with Gasteiger partial charge in [0.2, 0.25) is 0 Å². The van der Waals surface area contributed by atoms with Gasteiger partial charge in [0.15, 0.2) is 4.77 Å². The standard InChI is InChI=1S/C10H16N2O2S/c1-4-14-6-12-5-8(7(2)3)9(13)11-10(12)15/h5,7H,4,6H2,1-3H3,(H,11,13,15). The van der Waals surface area contributed by atoms with Crippen LogP contribution in [-0.2, 0) is 11.5 Å². The van der Waals surface area contributed by atoms with Crippen molar-refractivity contribution in [3.05, 3.63) is 26.9 Å². The molecule has 0 saturated carbocycles. The Morgan fingerprint density at radius 3 is 2.80 bits per heavy atom. The van der Waals surface area contributed by atoms with Crippen LogP contribution in [0.3, 0.4) is 0 Å². The van der Waals surface area contributed by atoms with Crippen LogP contribution in [0.5, 0.6) is 0 Å². The summed E-state index contributed by atoms with van der Waals surface area (Å²) in [5.74, 6) is 0.178. The van der Waals surface area contributed by atoms with Crippen molar-refractivity contribution in [2.24, 2.45) is 0 Å². The number of nitrogens with one attached hydrogen (secondary N) is 1. The van der Waals surface area contributed by atoms with Gasteiger partial charge in [0, 0.05) is 18.4 Å². The van der Waals surface area contributed by atoms with Crippen molar-refractivity contribution >= 4 is 12.2 Å². The maximum atomic E-state index is 11.5. The third kappa shape index (κ3) is 3.00. The summed E-state index contributed by atoms with van der Waals surface area (Å²) in [4.78, 5) is 14.2. The van der Waals surface area contributed by atoms with Crippen LogP contribution in [0.4, 0.5) is 0 Å². The third-order valence-corrected chi connectivity index (χ3v) is 2.43. The second-order valence-corrected chi connectivity index (χ2v) is 3.98. The summed E-state index contributed by atoms with van der Waals surface area (Å²) in [5, 5.41) is 0. The maximum absolute atomic E-state index is 11.5. The smallest absolute Gasteiger partial charge is 0.255 e. The van der Waals surface area contributed by atoms with E-state index in [1.807, 2.05) is 20.8 Å². The van der Waals surface area contributed by atoms with E-state index in [0.717, 1.165) is 5.56 Å². The fraction of sp³-hybridized carbons (Fsp3) is 0.600. The van der Waals surface area contributed by atoms with Crippen molar-refractivity contribution < 1.29 is 4.74 Å². The molecule has 0 amide bonds. The van der Waals surface area contributed by atoms with Crippen LogP contribution < -0.4 is 5.56 Å². The molecule has 0 aromatic carbocycles. The van der Waals surface area contributed by atoms with Crippen LogP contribution in [0.15, 0.2) is 11.0 Å². The van der Waals surface area contributed by atoms with Crippen LogP contribution >= 0.6 is 12.2 Å². The molecular weight excluding hydrogens is 212 g/mol. The summed E-state index contributed by atoms with van der Waals surface area (Å²) >= 11 is 5.03. The quantitative estimate of drug-likeness (QED) is 0.802. The predicted octanol–water partition coefficient (Wildman–Crippen LogP) is 2.02. The number of hydrogen-bond donors (Lipinski definition) is 1. The van der Waals surface area contributed by atoms with Crippen LogP contribution in [0, 0.1) is 4.77 Å². The number of hydrogen-bond acceptors (Lipinski definition) is 3. The second kappa shape index (κ2) is 5.23. The second-order valence-electron chi connectivity index (χ2n) is 3.59. The summed E-state index contributed by atoms with van der Waals surface area (Å²) in [7, 11) is 0. The van der Waals surface area contributed by atoms with Crippen molar-refractivity contribution in [3.8, 4) is 0 Å². The van der Waals surface area contributed by atoms with Crippen LogP contribution in [0.2, 0.25) is 0 Å². The zero-order chi connectivity index (χ0) is 11.4. The summed E-state index contributed by atoms with van der Waals surface area (Å²) < 4.78 is 7.38. The molecule has 0 bridgehead atoms. The number of aromatic nitrogens is 2. The van der Waals surface area contributed by atoms with Crippen molar-refractivity contribution in [3.63, 3.8) is 0 Å². The van der Waals surface area contributed by atoms with Gasteiger partial charge in [0.1, 0.15) is 6.73 Å². The maximum Gasteiger partial charge on any atom is 0.255 e. The average molecular weight is 228 g/mol. The Bertz CT molecular complexity index is 434. The predicted molar refractivity (Wildman–Crippen MR) is 61.6 cm³/mol. The van der Waals surface area contributed by atoms with E-state index < -0.39 is 0 Å². The monoisotopic (exact) mass is 228 g/mol. The third-order valence-electron chi connectivity index (χ3n) is 2.09. The van der Waals surface area contributed by atoms with Crippen LogP contribution in [0.1, 0.15) is 32.3 Å². The highest BCUT2D eigenvalue weighted by molar-refractivity contribution is 7.71. The number of ether oxygens (including phenoxy) is 1. The largest absolute Gasteiger partial charge is 0.361 e. The number of nitrogens with zero attached hydrogens (tertiary/aromatic N) is 1. The lowest BCUT2D eigenvalue weighted by molar-refractivity contribution is 0.0854. The molecule has 0 aliphatic heterocycles. The van der Waals surface area contributed by atoms with Crippen molar-refractivity contribution in [2.75, 3.05) is 6.61 Å². The molecule has 0 unspecified atom stereocenters. The van der Waals surface area contributed by atoms with Gasteiger partial charge in [0.25, 0.3) is 5.56 Å². The summed E-state index contributed by atoms with van der Waals surface area (Å²) in [6, 6.07) is 0. The molecule has 0 aliphatic rings. The van der Waals surface area contributed by atoms with E-state index in [9.17, 15) is 4.79 Å². The highest BCUT2D eigenvalue weighted by Crippen LogP contribution is 2.08. The Kier molecular flexibility index (Phi) is 4.23. The highest BCUT2D eigenvalue weighted by atomic mass is 32.1. The zero-order valence-electron chi connectivity index (χ0n) is 9.24. The first kappa shape index (κ1) is 12.1. The topological polar surface area (TPSA) is 47.0 Å². The van der Waals surface area contributed by atoms with Crippen molar-refractivity contribution in [1.82, 2.24) is 9.55 Å². The molecular formula is C10H16N2O2S. The Morgan fingerprint density at radius 1 is 1.60 bits per heavy atom. The van der Waals surface area contributed by atoms with Gasteiger partial charge in [-0.1, -0.05) is 13.8 Å². The molecule has 0 aliphatic carbocycles. The minimum atomic E-state index is -0.109. The molecule has 4 nitrogen and oxygen atoms in total. The zero-order valence-corrected chi connectivity index (χ0v) is 10.1. The molecule has 84 valence electrons. The Morgan fingerprint density at radius 2 is 2.27 bits per heavy atom. The first-order valence-corrected chi connectivity index (χ1v) is 5.38. The molecule has 5 heteroatoms. The molecule has 0 fully saturated rings. The van der Waals surface area contributed by atoms with Crippen molar-refractivity contribution in [2.45, 2.75) is 33.4 Å². The molecule has 1 aromatic rings. The van der Waals surface area contributed by atoms with Gasteiger partial charge < -0.3 is 9.30 Å². The minimum Gasteiger partial charge on any atom is -0.361 e.